The maximum absolute atomic E-state index is 13.4. The normalized spacial score (nSPS) is 12.0. The third kappa shape index (κ3) is 4.75. The molecule has 180 valence electrons. The Balaban J connectivity index is 2.07. The van der Waals surface area contributed by atoms with E-state index in [9.17, 15) is 31.1 Å². The van der Waals surface area contributed by atoms with Crippen LogP contribution in [-0.4, -0.2) is 23.0 Å². The number of carbonyl (C=O) groups excluding carboxylic acids is 1. The van der Waals surface area contributed by atoms with Crippen LogP contribution in [0.5, 0.6) is 0 Å². The molecule has 0 unspecified atom stereocenters. The van der Waals surface area contributed by atoms with Crippen molar-refractivity contribution >= 4 is 5.97 Å². The van der Waals surface area contributed by atoms with Gasteiger partial charge in [-0.1, -0.05) is 51.8 Å². The number of rotatable bonds is 4. The lowest BCUT2D eigenvalue weighted by atomic mass is 10.1. The fraction of sp³-hybridized carbons (Fsp3) is 0.125. The average molecular weight is 492 g/mol. The zero-order chi connectivity index (χ0) is 25.4. The van der Waals surface area contributed by atoms with Crippen molar-refractivity contribution in [3.63, 3.8) is 0 Å². The summed E-state index contributed by atoms with van der Waals surface area (Å²) in [5.74, 6) is -0.945. The topological polar surface area (TPSA) is 48.0 Å². The van der Waals surface area contributed by atoms with Gasteiger partial charge in [0.15, 0.2) is 11.4 Å². The molecule has 4 rings (SSSR count). The molecule has 0 saturated heterocycles. The molecule has 1 aromatic heterocycles. The predicted molar refractivity (Wildman–Crippen MR) is 112 cm³/mol. The fourth-order valence-electron chi connectivity index (χ4n) is 3.50. The van der Waals surface area contributed by atoms with E-state index in [0.717, 1.165) is 46.8 Å². The summed E-state index contributed by atoms with van der Waals surface area (Å²) < 4.78 is 87.0. The largest absolute Gasteiger partial charge is 0.463 e. The Bertz CT molecular complexity index is 1380. The fourth-order valence-corrected chi connectivity index (χ4v) is 3.50. The van der Waals surface area contributed by atoms with Gasteiger partial charge >= 0.3 is 18.3 Å². The molecule has 0 N–H and O–H groups in total. The second-order valence-corrected chi connectivity index (χ2v) is 7.36. The minimum Gasteiger partial charge on any atom is -0.463 e. The van der Waals surface area contributed by atoms with Crippen molar-refractivity contribution in [3.05, 3.63) is 95.7 Å². The van der Waals surface area contributed by atoms with Gasteiger partial charge in [-0.25, -0.2) is 4.79 Å². The molecule has 0 bridgehead atoms. The molecular weight excluding hydrogens is 476 g/mol. The highest BCUT2D eigenvalue weighted by Gasteiger charge is 2.38. The Hall–Kier alpha value is -4.15. The van der Waals surface area contributed by atoms with E-state index in [1.807, 2.05) is 0 Å². The van der Waals surface area contributed by atoms with E-state index in [2.05, 4.69) is 5.21 Å². The van der Waals surface area contributed by atoms with Gasteiger partial charge in [0, 0.05) is 5.56 Å². The first-order chi connectivity index (χ1) is 16.5. The molecule has 4 aromatic rings. The molecule has 0 aliphatic heterocycles. The third-order valence-electron chi connectivity index (χ3n) is 5.09. The number of esters is 1. The van der Waals surface area contributed by atoms with Crippen LogP contribution < -0.4 is 4.68 Å². The van der Waals surface area contributed by atoms with Crippen molar-refractivity contribution in [1.82, 2.24) is 9.90 Å². The monoisotopic (exact) mass is 492 g/mol. The summed E-state index contributed by atoms with van der Waals surface area (Å²) in [5, 5.41) is 4.24. The van der Waals surface area contributed by atoms with Crippen LogP contribution in [-0.2, 0) is 17.1 Å². The average Bonchev–Trinajstić information content (AvgIpc) is 3.24. The second-order valence-electron chi connectivity index (χ2n) is 7.36. The van der Waals surface area contributed by atoms with E-state index in [1.165, 1.54) is 18.2 Å². The number of hydrogen-bond donors (Lipinski definition) is 0. The van der Waals surface area contributed by atoms with E-state index in [0.29, 0.717) is 5.56 Å². The van der Waals surface area contributed by atoms with Gasteiger partial charge in [0.1, 0.15) is 5.21 Å². The summed E-state index contributed by atoms with van der Waals surface area (Å²) >= 11 is 0. The van der Waals surface area contributed by atoms with E-state index in [-0.39, 0.29) is 22.8 Å². The molecule has 0 radical (unpaired) electrons. The van der Waals surface area contributed by atoms with Gasteiger partial charge < -0.3 is 4.74 Å². The summed E-state index contributed by atoms with van der Waals surface area (Å²) in [4.78, 5) is 12.9. The van der Waals surface area contributed by atoms with Crippen molar-refractivity contribution in [2.24, 2.45) is 0 Å². The first-order valence-corrected chi connectivity index (χ1v) is 10.0. The number of nitrogens with zero attached hydrogens (tertiary/aromatic N) is 3. The maximum Gasteiger partial charge on any atom is 0.416 e. The van der Waals surface area contributed by atoms with E-state index < -0.39 is 29.4 Å². The van der Waals surface area contributed by atoms with Crippen LogP contribution in [0.25, 0.3) is 22.6 Å². The number of carbonyl (C=O) groups is 1. The molecule has 1 heterocycles. The van der Waals surface area contributed by atoms with Gasteiger partial charge in [-0.2, -0.15) is 26.3 Å². The van der Waals surface area contributed by atoms with Crippen LogP contribution in [0.1, 0.15) is 21.6 Å². The van der Waals surface area contributed by atoms with E-state index in [1.54, 1.807) is 30.3 Å². The van der Waals surface area contributed by atoms with Gasteiger partial charge in [0.2, 0.25) is 5.69 Å². The van der Waals surface area contributed by atoms with Crippen LogP contribution in [0.15, 0.2) is 78.9 Å². The van der Waals surface area contributed by atoms with Gasteiger partial charge in [-0.15, -0.1) is 0 Å². The Kier molecular flexibility index (Phi) is 6.10. The lowest BCUT2D eigenvalue weighted by Crippen LogP contribution is -2.36. The summed E-state index contributed by atoms with van der Waals surface area (Å²) in [6.45, 7) is 0. The Labute approximate surface area is 194 Å². The van der Waals surface area contributed by atoms with Crippen molar-refractivity contribution in [3.8, 4) is 22.6 Å². The molecule has 0 aliphatic carbocycles. The Morgan fingerprint density at radius 3 is 2.03 bits per heavy atom. The van der Waals surface area contributed by atoms with Crippen molar-refractivity contribution in [1.29, 1.82) is 0 Å². The van der Waals surface area contributed by atoms with Crippen LogP contribution in [0, 0.1) is 0 Å². The van der Waals surface area contributed by atoms with Crippen LogP contribution in [0.2, 0.25) is 0 Å². The molecule has 3 aromatic carbocycles. The van der Waals surface area contributed by atoms with Crippen LogP contribution in [0.3, 0.4) is 0 Å². The predicted octanol–water partition coefficient (Wildman–Crippen LogP) is 5.64. The highest BCUT2D eigenvalue weighted by molar-refractivity contribution is 5.94. The molecule has 0 saturated carbocycles. The summed E-state index contributed by atoms with van der Waals surface area (Å²) in [6, 6.07) is 16.4. The number of hydrogen-bond acceptors (Lipinski definition) is 3. The lowest BCUT2D eigenvalue weighted by molar-refractivity contribution is -0.650. The molecule has 0 amide bonds. The zero-order valence-corrected chi connectivity index (χ0v) is 17.9. The second kappa shape index (κ2) is 8.90. The summed E-state index contributed by atoms with van der Waals surface area (Å²) in [6.07, 6.45) is -9.33. The van der Waals surface area contributed by atoms with Crippen molar-refractivity contribution < 1.29 is 40.6 Å². The highest BCUT2D eigenvalue weighted by Crippen LogP contribution is 2.33. The number of benzene rings is 3. The van der Waals surface area contributed by atoms with Crippen LogP contribution >= 0.6 is 0 Å². The van der Waals surface area contributed by atoms with Crippen molar-refractivity contribution in [2.45, 2.75) is 12.4 Å². The molecule has 5 nitrogen and oxygen atoms in total. The van der Waals surface area contributed by atoms with Gasteiger partial charge in [-0.3, -0.25) is 0 Å². The van der Waals surface area contributed by atoms with E-state index in [4.69, 9.17) is 4.74 Å². The number of methoxy groups -OCH3 is 1. The SMILES string of the molecule is COC(=O)c1c(-c2ccccc2)[n+](-c2cccc(C(F)(F)F)c2)nn1-c1cccc(C(F)(F)F)c1. The molecule has 0 aliphatic rings. The number of alkyl halides is 6. The first-order valence-electron chi connectivity index (χ1n) is 10.0. The van der Waals surface area contributed by atoms with Crippen molar-refractivity contribution in [2.75, 3.05) is 7.11 Å². The Morgan fingerprint density at radius 1 is 0.829 bits per heavy atom. The molecule has 0 fully saturated rings. The summed E-state index contributed by atoms with van der Waals surface area (Å²) in [5.41, 5.74) is -2.01. The zero-order valence-electron chi connectivity index (χ0n) is 17.9. The third-order valence-corrected chi connectivity index (χ3v) is 5.09. The van der Waals surface area contributed by atoms with E-state index >= 15 is 0 Å². The number of aromatic nitrogens is 3. The minimum absolute atomic E-state index is 0.0363. The van der Waals surface area contributed by atoms with Crippen LogP contribution in [0.4, 0.5) is 26.3 Å². The molecular formula is C24H16F6N3O2+. The first kappa shape index (κ1) is 24.0. The lowest BCUT2D eigenvalue weighted by Gasteiger charge is -2.07. The molecule has 0 atom stereocenters. The molecule has 11 heteroatoms. The van der Waals surface area contributed by atoms with Gasteiger partial charge in [-0.05, 0) is 36.4 Å². The Morgan fingerprint density at radius 2 is 1.43 bits per heavy atom. The smallest absolute Gasteiger partial charge is 0.416 e. The standard InChI is InChI=1S/C24H16F6N3O2/c1-35-22(34)21-20(15-7-3-2-4-8-15)32(18-11-5-9-16(13-18)23(25,26)27)31-33(21)19-12-6-10-17(14-19)24(28,29)30/h2-14H,1H3/q+1. The molecule has 35 heavy (non-hydrogen) atoms. The minimum atomic E-state index is -4.67. The molecule has 0 spiro atoms. The number of ether oxygens (including phenoxy) is 1. The number of halogens is 6. The maximum atomic E-state index is 13.4. The quantitative estimate of drug-likeness (QED) is 0.211. The van der Waals surface area contributed by atoms with Gasteiger partial charge in [0.25, 0.3) is 5.69 Å². The summed E-state index contributed by atoms with van der Waals surface area (Å²) in [7, 11) is 1.08. The highest BCUT2D eigenvalue weighted by atomic mass is 19.4. The van der Waals surface area contributed by atoms with Gasteiger partial charge in [0.05, 0.1) is 18.2 Å².